The fraction of sp³-hybridized carbons (Fsp3) is 0.0870. The van der Waals surface area contributed by atoms with Crippen molar-refractivity contribution in [3.05, 3.63) is 88.2 Å². The Morgan fingerprint density at radius 2 is 1.87 bits per heavy atom. The molecule has 1 atom stereocenters. The van der Waals surface area contributed by atoms with E-state index < -0.39 is 12.1 Å². The van der Waals surface area contributed by atoms with E-state index in [2.05, 4.69) is 10.3 Å². The summed E-state index contributed by atoms with van der Waals surface area (Å²) >= 11 is 1.33. The van der Waals surface area contributed by atoms with Gasteiger partial charge in [-0.05, 0) is 42.6 Å². The number of aromatic nitrogens is 1. The first-order valence-corrected chi connectivity index (χ1v) is 10.2. The number of Topliss-reactive ketones (excluding diaryl/α,β-unsaturated/α-hetero) is 1. The van der Waals surface area contributed by atoms with Crippen LogP contribution in [-0.4, -0.2) is 28.7 Å². The lowest BCUT2D eigenvalue weighted by Crippen LogP contribution is -2.24. The molecular formula is C23H18N2O4S. The molecule has 0 aliphatic carbocycles. The van der Waals surface area contributed by atoms with Crippen LogP contribution in [0.3, 0.4) is 0 Å². The molecule has 2 heterocycles. The Morgan fingerprint density at radius 1 is 1.03 bits per heavy atom. The average Bonchev–Trinajstić information content (AvgIpc) is 3.43. The highest BCUT2D eigenvalue weighted by Crippen LogP contribution is 2.21. The summed E-state index contributed by atoms with van der Waals surface area (Å²) in [4.78, 5) is 41.2. The molecule has 4 rings (SSSR count). The number of carbonyl (C=O) groups is 3. The summed E-state index contributed by atoms with van der Waals surface area (Å²) in [5, 5.41) is 5.35. The van der Waals surface area contributed by atoms with E-state index in [1.807, 2.05) is 29.6 Å². The van der Waals surface area contributed by atoms with Gasteiger partial charge in [0.1, 0.15) is 0 Å². The minimum atomic E-state index is -0.957. The summed E-state index contributed by atoms with van der Waals surface area (Å²) in [6.45, 7) is 1.55. The number of esters is 1. The number of aromatic amines is 1. The topological polar surface area (TPSA) is 88.3 Å². The standard InChI is InChI=1S/C23H18N2O4S/c1-14(21(26)18-13-24-19-9-3-2-8-17(18)19)29-23(28)15-6-4-7-16(12-15)25-22(27)20-10-5-11-30-20/h2-14,24H,1H3,(H,25,27)/t14-/m0/s1. The number of fused-ring (bicyclic) bond motifs is 1. The van der Waals surface area contributed by atoms with E-state index in [9.17, 15) is 14.4 Å². The maximum atomic E-state index is 12.8. The van der Waals surface area contributed by atoms with Crippen molar-refractivity contribution in [3.8, 4) is 0 Å². The lowest BCUT2D eigenvalue weighted by Gasteiger charge is -2.12. The highest BCUT2D eigenvalue weighted by Gasteiger charge is 2.23. The van der Waals surface area contributed by atoms with Crippen molar-refractivity contribution in [1.82, 2.24) is 4.98 Å². The zero-order valence-electron chi connectivity index (χ0n) is 16.0. The number of amides is 1. The van der Waals surface area contributed by atoms with Gasteiger partial charge in [0.05, 0.1) is 10.4 Å². The van der Waals surface area contributed by atoms with Gasteiger partial charge in [0.25, 0.3) is 5.91 Å². The number of para-hydroxylation sites is 1. The van der Waals surface area contributed by atoms with Crippen molar-refractivity contribution in [1.29, 1.82) is 0 Å². The van der Waals surface area contributed by atoms with Gasteiger partial charge in [-0.1, -0.05) is 30.3 Å². The summed E-state index contributed by atoms with van der Waals surface area (Å²) in [5.74, 6) is -1.18. The minimum Gasteiger partial charge on any atom is -0.451 e. The van der Waals surface area contributed by atoms with E-state index in [1.165, 1.54) is 17.4 Å². The third kappa shape index (κ3) is 4.01. The molecule has 0 spiro atoms. The molecule has 0 bridgehead atoms. The van der Waals surface area contributed by atoms with E-state index in [1.54, 1.807) is 43.5 Å². The van der Waals surface area contributed by atoms with Gasteiger partial charge in [-0.25, -0.2) is 4.79 Å². The maximum absolute atomic E-state index is 12.8. The second kappa shape index (κ2) is 8.34. The lowest BCUT2D eigenvalue weighted by atomic mass is 10.1. The Morgan fingerprint density at radius 3 is 2.67 bits per heavy atom. The van der Waals surface area contributed by atoms with Gasteiger partial charge in [0, 0.05) is 28.4 Å². The number of thiophene rings is 1. The molecule has 6 nitrogen and oxygen atoms in total. The first kappa shape index (κ1) is 19.6. The van der Waals surface area contributed by atoms with Crippen molar-refractivity contribution < 1.29 is 19.1 Å². The summed E-state index contributed by atoms with van der Waals surface area (Å²) in [5.41, 5.74) is 2.03. The van der Waals surface area contributed by atoms with Crippen LogP contribution in [0.4, 0.5) is 5.69 Å². The number of hydrogen-bond acceptors (Lipinski definition) is 5. The molecule has 0 radical (unpaired) electrons. The molecule has 150 valence electrons. The molecule has 4 aromatic rings. The minimum absolute atomic E-state index is 0.248. The van der Waals surface area contributed by atoms with Crippen LogP contribution in [-0.2, 0) is 4.74 Å². The predicted molar refractivity (Wildman–Crippen MR) is 116 cm³/mol. The van der Waals surface area contributed by atoms with Crippen molar-refractivity contribution >= 4 is 45.6 Å². The van der Waals surface area contributed by atoms with Crippen molar-refractivity contribution in [2.45, 2.75) is 13.0 Å². The highest BCUT2D eigenvalue weighted by atomic mass is 32.1. The highest BCUT2D eigenvalue weighted by molar-refractivity contribution is 7.12. The Labute approximate surface area is 176 Å². The van der Waals surface area contributed by atoms with Crippen LogP contribution in [0.2, 0.25) is 0 Å². The maximum Gasteiger partial charge on any atom is 0.338 e. The Bertz CT molecular complexity index is 1230. The average molecular weight is 418 g/mol. The normalized spacial score (nSPS) is 11.8. The van der Waals surface area contributed by atoms with E-state index in [0.717, 1.165) is 10.9 Å². The number of anilines is 1. The fourth-order valence-electron chi connectivity index (χ4n) is 3.10. The summed E-state index contributed by atoms with van der Waals surface area (Å²) in [6, 6.07) is 17.4. The van der Waals surface area contributed by atoms with E-state index in [-0.39, 0.29) is 17.3 Å². The smallest absolute Gasteiger partial charge is 0.338 e. The molecule has 0 fully saturated rings. The molecule has 0 unspecified atom stereocenters. The molecule has 0 saturated heterocycles. The van der Waals surface area contributed by atoms with Crippen molar-refractivity contribution in [3.63, 3.8) is 0 Å². The first-order valence-electron chi connectivity index (χ1n) is 9.29. The largest absolute Gasteiger partial charge is 0.451 e. The monoisotopic (exact) mass is 418 g/mol. The number of rotatable bonds is 6. The van der Waals surface area contributed by atoms with E-state index >= 15 is 0 Å². The molecule has 2 aromatic carbocycles. The lowest BCUT2D eigenvalue weighted by molar-refractivity contribution is 0.0319. The van der Waals surface area contributed by atoms with Crippen LogP contribution in [0, 0.1) is 0 Å². The second-order valence-electron chi connectivity index (χ2n) is 6.67. The molecule has 30 heavy (non-hydrogen) atoms. The molecule has 1 amide bonds. The van der Waals surface area contributed by atoms with Gasteiger partial charge < -0.3 is 15.0 Å². The van der Waals surface area contributed by atoms with Crippen LogP contribution in [0.15, 0.2) is 72.2 Å². The molecule has 0 saturated carbocycles. The second-order valence-corrected chi connectivity index (χ2v) is 7.62. The van der Waals surface area contributed by atoms with Gasteiger partial charge in [0.2, 0.25) is 5.78 Å². The molecule has 2 N–H and O–H groups in total. The summed E-state index contributed by atoms with van der Waals surface area (Å²) < 4.78 is 5.39. The third-order valence-corrected chi connectivity index (χ3v) is 5.48. The number of ether oxygens (including phenoxy) is 1. The number of hydrogen-bond donors (Lipinski definition) is 2. The van der Waals surface area contributed by atoms with Crippen LogP contribution < -0.4 is 5.32 Å². The van der Waals surface area contributed by atoms with Gasteiger partial charge in [0.15, 0.2) is 6.10 Å². The van der Waals surface area contributed by atoms with E-state index in [0.29, 0.717) is 16.1 Å². The number of nitrogens with one attached hydrogen (secondary N) is 2. The van der Waals surface area contributed by atoms with Crippen LogP contribution >= 0.6 is 11.3 Å². The quantitative estimate of drug-likeness (QED) is 0.344. The Kier molecular flexibility index (Phi) is 5.45. The zero-order chi connectivity index (χ0) is 21.1. The van der Waals surface area contributed by atoms with Crippen molar-refractivity contribution in [2.75, 3.05) is 5.32 Å². The number of ketones is 1. The number of H-pyrrole nitrogens is 1. The molecule has 2 aromatic heterocycles. The number of carbonyl (C=O) groups excluding carboxylic acids is 3. The predicted octanol–water partition coefficient (Wildman–Crippen LogP) is 4.91. The molecular weight excluding hydrogens is 400 g/mol. The molecule has 0 aliphatic heterocycles. The SMILES string of the molecule is C[C@H](OC(=O)c1cccc(NC(=O)c2cccs2)c1)C(=O)c1c[nH]c2ccccc12. The van der Waals surface area contributed by atoms with Gasteiger partial charge in [-0.2, -0.15) is 0 Å². The summed E-state index contributed by atoms with van der Waals surface area (Å²) in [7, 11) is 0. The molecule has 7 heteroatoms. The van der Waals surface area contributed by atoms with Crippen LogP contribution in [0.1, 0.15) is 37.3 Å². The van der Waals surface area contributed by atoms with Gasteiger partial charge in [-0.15, -0.1) is 11.3 Å². The third-order valence-electron chi connectivity index (χ3n) is 4.61. The Hall–Kier alpha value is -3.71. The zero-order valence-corrected chi connectivity index (χ0v) is 16.9. The number of benzene rings is 2. The van der Waals surface area contributed by atoms with Gasteiger partial charge >= 0.3 is 5.97 Å². The van der Waals surface area contributed by atoms with E-state index in [4.69, 9.17) is 4.74 Å². The molecule has 0 aliphatic rings. The van der Waals surface area contributed by atoms with Gasteiger partial charge in [-0.3, -0.25) is 9.59 Å². The fourth-order valence-corrected chi connectivity index (χ4v) is 3.72. The van der Waals surface area contributed by atoms with Crippen LogP contribution in [0.5, 0.6) is 0 Å². The summed E-state index contributed by atoms with van der Waals surface area (Å²) in [6.07, 6.45) is 0.666. The van der Waals surface area contributed by atoms with Crippen molar-refractivity contribution in [2.24, 2.45) is 0 Å². The first-order chi connectivity index (χ1) is 14.5. The Balaban J connectivity index is 1.45. The van der Waals surface area contributed by atoms with Crippen LogP contribution in [0.25, 0.3) is 10.9 Å².